The van der Waals surface area contributed by atoms with Crippen LogP contribution in [0.4, 0.5) is 15.9 Å². The Balaban J connectivity index is 1.58. The Morgan fingerprint density at radius 1 is 0.931 bits per heavy atom. The molecular formula is C21H12N3O2Se2Te. The van der Waals surface area contributed by atoms with Crippen molar-refractivity contribution < 1.29 is 9.59 Å². The minimum atomic E-state index is -0.476. The van der Waals surface area contributed by atoms with Gasteiger partial charge in [0.05, 0.1) is 0 Å². The molecule has 2 amide bonds. The van der Waals surface area contributed by atoms with E-state index in [2.05, 4.69) is 69.8 Å². The fourth-order valence-corrected chi connectivity index (χ4v) is 7.97. The first-order valence-electron chi connectivity index (χ1n) is 8.69. The Hall–Kier alpha value is -1.90. The third-order valence-corrected chi connectivity index (χ3v) is 9.51. The van der Waals surface area contributed by atoms with Crippen molar-refractivity contribution in [2.75, 3.05) is 4.90 Å². The number of amidine groups is 1. The van der Waals surface area contributed by atoms with Crippen LogP contribution in [0.5, 0.6) is 0 Å². The third kappa shape index (κ3) is 3.58. The summed E-state index contributed by atoms with van der Waals surface area (Å²) in [5.74, 6) is -0.859. The molecule has 5 rings (SSSR count). The molecule has 0 spiro atoms. The quantitative estimate of drug-likeness (QED) is 0.204. The maximum absolute atomic E-state index is 12.2. The first-order chi connectivity index (χ1) is 14.1. The van der Waals surface area contributed by atoms with Gasteiger partial charge in [-0.05, 0) is 0 Å². The van der Waals surface area contributed by atoms with E-state index in [4.69, 9.17) is 0 Å². The van der Waals surface area contributed by atoms with E-state index >= 15 is 0 Å². The zero-order chi connectivity index (χ0) is 20.0. The molecule has 3 heterocycles. The van der Waals surface area contributed by atoms with E-state index in [1.165, 1.54) is 47.2 Å². The Bertz CT molecular complexity index is 1190. The monoisotopic (exact) mass is 628 g/mol. The maximum atomic E-state index is 12.2. The normalized spacial score (nSPS) is 16.9. The fraction of sp³-hybridized carbons (Fsp3) is 0. The molecule has 8 heteroatoms. The van der Waals surface area contributed by atoms with Gasteiger partial charge < -0.3 is 0 Å². The summed E-state index contributed by atoms with van der Waals surface area (Å²) >= 11 is 1.77. The van der Waals surface area contributed by atoms with Crippen LogP contribution in [-0.4, -0.2) is 67.5 Å². The number of carbonyl (C=O) groups excluding carboxylic acids is 2. The Labute approximate surface area is 192 Å². The number of benzene rings is 2. The second kappa shape index (κ2) is 7.74. The summed E-state index contributed by atoms with van der Waals surface area (Å²) in [6.45, 7) is 0. The molecule has 0 atom stereocenters. The molecule has 0 unspecified atom stereocenters. The van der Waals surface area contributed by atoms with Crippen molar-refractivity contribution >= 4 is 98.4 Å². The van der Waals surface area contributed by atoms with Gasteiger partial charge in [0.25, 0.3) is 0 Å². The van der Waals surface area contributed by atoms with Crippen LogP contribution in [0.15, 0.2) is 71.2 Å². The SMILES string of the molecule is O=C1N=C([Te])NC(=O)/C1=C\c1ccc(N2c3ccccc3[Se]c3ccccc32)[se]1. The molecule has 0 bridgehead atoms. The van der Waals surface area contributed by atoms with Gasteiger partial charge in [-0.1, -0.05) is 0 Å². The molecular weight excluding hydrogens is 612 g/mol. The number of amides is 2. The van der Waals surface area contributed by atoms with E-state index in [1.807, 2.05) is 6.07 Å². The first kappa shape index (κ1) is 19.1. The van der Waals surface area contributed by atoms with E-state index in [9.17, 15) is 9.59 Å². The van der Waals surface area contributed by atoms with Gasteiger partial charge >= 0.3 is 194 Å². The number of para-hydroxylation sites is 2. The molecule has 1 N–H and O–H groups in total. The summed E-state index contributed by atoms with van der Waals surface area (Å²) in [4.78, 5) is 30.5. The number of fused-ring (bicyclic) bond motifs is 2. The van der Waals surface area contributed by atoms with E-state index < -0.39 is 5.91 Å². The van der Waals surface area contributed by atoms with Gasteiger partial charge in [0, 0.05) is 0 Å². The van der Waals surface area contributed by atoms with Crippen molar-refractivity contribution in [2.45, 2.75) is 0 Å². The molecule has 2 aromatic carbocycles. The number of nitrogens with zero attached hydrogens (tertiary/aromatic N) is 2. The van der Waals surface area contributed by atoms with Gasteiger partial charge in [0.1, 0.15) is 0 Å². The van der Waals surface area contributed by atoms with Crippen molar-refractivity contribution in [1.82, 2.24) is 5.32 Å². The van der Waals surface area contributed by atoms with Gasteiger partial charge in [-0.3, -0.25) is 0 Å². The summed E-state index contributed by atoms with van der Waals surface area (Å²) in [6, 6.07) is 21.1. The topological polar surface area (TPSA) is 61.8 Å². The summed E-state index contributed by atoms with van der Waals surface area (Å²) < 4.78 is 5.22. The Morgan fingerprint density at radius 2 is 1.59 bits per heavy atom. The van der Waals surface area contributed by atoms with E-state index in [0.717, 1.165) is 4.44 Å². The standard InChI is InChI=1S/C21H12N3O2Se2Te/c25-19-13(20(26)23-21(29)22-19)11-12-9-10-18(27-12)24-14-5-1-3-7-16(14)28-17-8-4-2-6-15(17)24/h1-11H,(H,22,23,25,26). The van der Waals surface area contributed by atoms with E-state index in [0.29, 0.717) is 3.88 Å². The van der Waals surface area contributed by atoms with Gasteiger partial charge in [0.15, 0.2) is 0 Å². The molecule has 1 radical (unpaired) electrons. The van der Waals surface area contributed by atoms with Crippen molar-refractivity contribution in [2.24, 2.45) is 4.99 Å². The number of aliphatic imine (C=N–C) groups is 1. The van der Waals surface area contributed by atoms with Crippen LogP contribution in [0.1, 0.15) is 4.44 Å². The number of nitrogens with one attached hydrogen (secondary N) is 1. The van der Waals surface area contributed by atoms with E-state index in [-0.39, 0.29) is 40.9 Å². The Kier molecular flexibility index (Phi) is 5.09. The number of anilines is 3. The summed E-state index contributed by atoms with van der Waals surface area (Å²) in [5, 5.41) is 2.62. The average molecular weight is 624 g/mol. The summed E-state index contributed by atoms with van der Waals surface area (Å²) in [6.07, 6.45) is 1.68. The predicted molar refractivity (Wildman–Crippen MR) is 117 cm³/mol. The van der Waals surface area contributed by atoms with Gasteiger partial charge in [-0.2, -0.15) is 0 Å². The van der Waals surface area contributed by atoms with Crippen LogP contribution in [0.3, 0.4) is 0 Å². The van der Waals surface area contributed by atoms with Crippen LogP contribution in [0, 0.1) is 0 Å². The van der Waals surface area contributed by atoms with Gasteiger partial charge in [0.2, 0.25) is 0 Å². The molecule has 2 aliphatic rings. The van der Waals surface area contributed by atoms with Gasteiger partial charge in [-0.15, -0.1) is 0 Å². The van der Waals surface area contributed by atoms with Crippen LogP contribution in [-0.2, 0) is 9.59 Å². The second-order valence-corrected chi connectivity index (χ2v) is 12.0. The fourth-order valence-electron chi connectivity index (χ4n) is 3.19. The first-order valence-corrected chi connectivity index (χ1v) is 13.3. The zero-order valence-corrected chi connectivity index (χ0v) is 20.5. The van der Waals surface area contributed by atoms with Crippen molar-refractivity contribution in [3.05, 3.63) is 70.7 Å². The summed E-state index contributed by atoms with van der Waals surface area (Å²) in [7, 11) is 0. The predicted octanol–water partition coefficient (Wildman–Crippen LogP) is 0.746. The molecule has 0 fully saturated rings. The number of hydrogen-bond acceptors (Lipinski definition) is 3. The molecule has 0 saturated carbocycles. The summed E-state index contributed by atoms with van der Waals surface area (Å²) in [5.41, 5.74) is 2.53. The molecule has 3 aromatic rings. The van der Waals surface area contributed by atoms with Crippen molar-refractivity contribution in [1.29, 1.82) is 0 Å². The van der Waals surface area contributed by atoms with Crippen LogP contribution >= 0.6 is 0 Å². The van der Waals surface area contributed by atoms with Crippen LogP contribution in [0.2, 0.25) is 0 Å². The molecule has 5 nitrogen and oxygen atoms in total. The molecule has 0 aliphatic carbocycles. The van der Waals surface area contributed by atoms with Crippen molar-refractivity contribution in [3.8, 4) is 0 Å². The zero-order valence-electron chi connectivity index (χ0n) is 14.8. The van der Waals surface area contributed by atoms with Crippen LogP contribution < -0.4 is 19.1 Å². The third-order valence-electron chi connectivity index (χ3n) is 4.45. The molecule has 141 valence electrons. The van der Waals surface area contributed by atoms with Crippen LogP contribution in [0.25, 0.3) is 6.08 Å². The van der Waals surface area contributed by atoms with E-state index in [1.54, 1.807) is 6.08 Å². The molecule has 0 saturated heterocycles. The number of hydrogen-bond donors (Lipinski definition) is 1. The average Bonchev–Trinajstić information content (AvgIpc) is 3.17. The number of rotatable bonds is 2. The minimum absolute atomic E-state index is 0.0328. The second-order valence-electron chi connectivity index (χ2n) is 6.28. The van der Waals surface area contributed by atoms with Gasteiger partial charge in [-0.25, -0.2) is 0 Å². The molecule has 29 heavy (non-hydrogen) atoms. The molecule has 2 aliphatic heterocycles. The number of carbonyl (C=O) groups is 2. The Morgan fingerprint density at radius 3 is 2.24 bits per heavy atom. The molecule has 1 aromatic heterocycles. The van der Waals surface area contributed by atoms with Crippen molar-refractivity contribution in [3.63, 3.8) is 0 Å².